The number of aliphatic hydroxyl groups is 7. The highest BCUT2D eigenvalue weighted by Gasteiger charge is 2.47. The van der Waals surface area contributed by atoms with Gasteiger partial charge in [-0.2, -0.15) is 0 Å². The number of ether oxygens (including phenoxy) is 6. The average molecular weight is 935 g/mol. The Morgan fingerprint density at radius 3 is 1.48 bits per heavy atom. The summed E-state index contributed by atoms with van der Waals surface area (Å²) in [6, 6.07) is 0. The van der Waals surface area contributed by atoms with Crippen molar-refractivity contribution in [1.82, 2.24) is 0 Å². The second-order valence-corrected chi connectivity index (χ2v) is 16.9. The first-order valence-electron chi connectivity index (χ1n) is 24.7. The van der Waals surface area contributed by atoms with E-state index in [2.05, 4.69) is 92.8 Å². The zero-order valence-corrected chi connectivity index (χ0v) is 39.9. The monoisotopic (exact) mass is 935 g/mol. The third-order valence-electron chi connectivity index (χ3n) is 11.2. The van der Waals surface area contributed by atoms with Crippen LogP contribution in [-0.2, 0) is 33.2 Å². The van der Waals surface area contributed by atoms with Gasteiger partial charge in [0.1, 0.15) is 54.9 Å². The van der Waals surface area contributed by atoms with Crippen molar-refractivity contribution >= 4 is 5.97 Å². The first kappa shape index (κ1) is 59.3. The lowest BCUT2D eigenvalue weighted by Gasteiger charge is -2.42. The molecule has 2 rings (SSSR count). The Bertz CT molecular complexity index is 1410. The first-order chi connectivity index (χ1) is 32.1. The molecule has 0 radical (unpaired) electrons. The fourth-order valence-electron chi connectivity index (χ4n) is 7.15. The Labute approximate surface area is 395 Å². The first-order valence-corrected chi connectivity index (χ1v) is 24.7. The van der Waals surface area contributed by atoms with Gasteiger partial charge in [0, 0.05) is 13.0 Å². The SMILES string of the molecule is CC/C=C\C/C=C\C/C=C\C/C=C\C/C=C\C/C=C\C/C=C\CCCC(=O)OC(COCCCCCCCCCCC)COC1OC(COC2OC(CO)C(O)C(O)C2O)C(O)C(O)C1O. The van der Waals surface area contributed by atoms with Crippen LogP contribution >= 0.6 is 0 Å². The Kier molecular flexibility index (Phi) is 35.1. The molecular formula is C52H86O14. The van der Waals surface area contributed by atoms with Gasteiger partial charge in [-0.1, -0.05) is 150 Å². The molecule has 11 atom stereocenters. The third kappa shape index (κ3) is 26.6. The molecule has 7 N–H and O–H groups in total. The van der Waals surface area contributed by atoms with Gasteiger partial charge in [-0.05, 0) is 64.2 Å². The Balaban J connectivity index is 1.78. The molecule has 0 aromatic heterocycles. The molecule has 0 aliphatic carbocycles. The van der Waals surface area contributed by atoms with E-state index >= 15 is 0 Å². The summed E-state index contributed by atoms with van der Waals surface area (Å²) in [4.78, 5) is 12.9. The minimum absolute atomic E-state index is 0.0340. The summed E-state index contributed by atoms with van der Waals surface area (Å²) in [5.41, 5.74) is 0. The molecule has 0 saturated carbocycles. The number of hydrogen-bond donors (Lipinski definition) is 7. The van der Waals surface area contributed by atoms with E-state index in [4.69, 9.17) is 28.4 Å². The summed E-state index contributed by atoms with van der Waals surface area (Å²) in [5.74, 6) is -0.438. The molecule has 66 heavy (non-hydrogen) atoms. The maximum Gasteiger partial charge on any atom is 0.306 e. The smallest absolute Gasteiger partial charge is 0.306 e. The van der Waals surface area contributed by atoms with Gasteiger partial charge >= 0.3 is 5.97 Å². The highest BCUT2D eigenvalue weighted by Crippen LogP contribution is 2.26. The van der Waals surface area contributed by atoms with Gasteiger partial charge in [-0.3, -0.25) is 4.79 Å². The molecule has 0 spiro atoms. The summed E-state index contributed by atoms with van der Waals surface area (Å²) < 4.78 is 34.1. The summed E-state index contributed by atoms with van der Waals surface area (Å²) in [6.07, 6.45) is 32.4. The van der Waals surface area contributed by atoms with Crippen LogP contribution in [0, 0.1) is 0 Å². The minimum Gasteiger partial charge on any atom is -0.457 e. The van der Waals surface area contributed by atoms with Gasteiger partial charge in [-0.15, -0.1) is 0 Å². The predicted molar refractivity (Wildman–Crippen MR) is 256 cm³/mol. The molecule has 2 aliphatic heterocycles. The van der Waals surface area contributed by atoms with E-state index < -0.39 is 86.7 Å². The van der Waals surface area contributed by atoms with Crippen LogP contribution in [0.3, 0.4) is 0 Å². The predicted octanol–water partition coefficient (Wildman–Crippen LogP) is 6.90. The topological polar surface area (TPSA) is 214 Å². The largest absolute Gasteiger partial charge is 0.457 e. The standard InChI is InChI=1S/C52H86O14/c1-3-5-7-9-11-13-14-15-16-17-18-19-20-21-22-23-24-25-26-27-29-31-33-35-44(54)64-41(38-61-36-34-32-30-28-12-10-8-6-4-2)39-62-51-50(60)48(58)46(56)43(66-51)40-63-52-49(59)47(57)45(55)42(37-53)65-52/h5,7,11,13,15-16,18-19,21-22,24-25,27,29,41-43,45-53,55-60H,3-4,6,8-10,12,14,17,20,23,26,28,30-40H2,1-2H3/b7-5-,13-11-,16-15-,19-18-,22-21-,25-24-,29-27-. The number of allylic oxidation sites excluding steroid dienone is 14. The quantitative estimate of drug-likeness (QED) is 0.0192. The Morgan fingerprint density at radius 1 is 0.515 bits per heavy atom. The van der Waals surface area contributed by atoms with E-state index in [9.17, 15) is 40.5 Å². The van der Waals surface area contributed by atoms with Crippen LogP contribution in [0.25, 0.3) is 0 Å². The second-order valence-electron chi connectivity index (χ2n) is 16.9. The molecule has 14 heteroatoms. The molecule has 11 unspecified atom stereocenters. The molecule has 0 bridgehead atoms. The van der Waals surface area contributed by atoms with E-state index in [0.29, 0.717) is 19.4 Å². The molecule has 2 heterocycles. The van der Waals surface area contributed by atoms with Crippen LogP contribution in [0.1, 0.15) is 136 Å². The summed E-state index contributed by atoms with van der Waals surface area (Å²) in [5, 5.41) is 71.9. The lowest BCUT2D eigenvalue weighted by atomic mass is 9.98. The highest BCUT2D eigenvalue weighted by molar-refractivity contribution is 5.69. The van der Waals surface area contributed by atoms with E-state index in [0.717, 1.165) is 64.2 Å². The molecule has 2 aliphatic rings. The Morgan fingerprint density at radius 2 is 0.970 bits per heavy atom. The van der Waals surface area contributed by atoms with Gasteiger partial charge in [0.05, 0.1) is 26.4 Å². The van der Waals surface area contributed by atoms with Crippen LogP contribution in [0.15, 0.2) is 85.1 Å². The lowest BCUT2D eigenvalue weighted by molar-refractivity contribution is -0.332. The number of carbonyl (C=O) groups is 1. The van der Waals surface area contributed by atoms with Crippen molar-refractivity contribution in [3.63, 3.8) is 0 Å². The molecule has 0 aromatic carbocycles. The van der Waals surface area contributed by atoms with Crippen LogP contribution in [-0.4, -0.2) is 142 Å². The zero-order chi connectivity index (χ0) is 48.0. The number of aliphatic hydroxyl groups excluding tert-OH is 7. The number of esters is 1. The molecule has 0 amide bonds. The van der Waals surface area contributed by atoms with Crippen molar-refractivity contribution in [1.29, 1.82) is 0 Å². The van der Waals surface area contributed by atoms with Gasteiger partial charge in [0.2, 0.25) is 0 Å². The summed E-state index contributed by atoms with van der Waals surface area (Å²) >= 11 is 0. The van der Waals surface area contributed by atoms with Crippen molar-refractivity contribution in [3.05, 3.63) is 85.1 Å². The van der Waals surface area contributed by atoms with Crippen molar-refractivity contribution in [2.24, 2.45) is 0 Å². The fourth-order valence-corrected chi connectivity index (χ4v) is 7.15. The second kappa shape index (κ2) is 39.1. The van der Waals surface area contributed by atoms with Gasteiger partial charge in [0.25, 0.3) is 0 Å². The van der Waals surface area contributed by atoms with Gasteiger partial charge in [0.15, 0.2) is 12.6 Å². The van der Waals surface area contributed by atoms with E-state index in [1.807, 2.05) is 6.08 Å². The average Bonchev–Trinajstić information content (AvgIpc) is 3.31. The molecular weight excluding hydrogens is 849 g/mol. The van der Waals surface area contributed by atoms with E-state index in [1.165, 1.54) is 38.5 Å². The number of unbranched alkanes of at least 4 members (excludes halogenated alkanes) is 9. The van der Waals surface area contributed by atoms with Gasteiger partial charge in [-0.25, -0.2) is 0 Å². The minimum atomic E-state index is -1.72. The Hall–Kier alpha value is -2.83. The highest BCUT2D eigenvalue weighted by atomic mass is 16.7. The van der Waals surface area contributed by atoms with Crippen molar-refractivity contribution in [2.45, 2.75) is 203 Å². The van der Waals surface area contributed by atoms with Crippen molar-refractivity contribution < 1.29 is 69.0 Å². The summed E-state index contributed by atoms with van der Waals surface area (Å²) in [6.45, 7) is 3.45. The molecule has 14 nitrogen and oxygen atoms in total. The number of rotatable bonds is 37. The number of hydrogen-bond acceptors (Lipinski definition) is 14. The van der Waals surface area contributed by atoms with Crippen LogP contribution in [0.4, 0.5) is 0 Å². The van der Waals surface area contributed by atoms with Crippen molar-refractivity contribution in [3.8, 4) is 0 Å². The normalized spacial score (nSPS) is 27.0. The molecule has 0 aromatic rings. The maximum atomic E-state index is 12.9. The molecule has 378 valence electrons. The van der Waals surface area contributed by atoms with Crippen LogP contribution in [0.5, 0.6) is 0 Å². The van der Waals surface area contributed by atoms with Crippen LogP contribution < -0.4 is 0 Å². The third-order valence-corrected chi connectivity index (χ3v) is 11.2. The fraction of sp³-hybridized carbons (Fsp3) is 0.712. The summed E-state index contributed by atoms with van der Waals surface area (Å²) in [7, 11) is 0. The van der Waals surface area contributed by atoms with E-state index in [-0.39, 0.29) is 19.6 Å². The molecule has 2 saturated heterocycles. The van der Waals surface area contributed by atoms with Crippen molar-refractivity contribution in [2.75, 3.05) is 33.0 Å². The molecule has 2 fully saturated rings. The maximum absolute atomic E-state index is 12.9. The zero-order valence-electron chi connectivity index (χ0n) is 39.9. The number of carbonyl (C=O) groups excluding carboxylic acids is 1. The van der Waals surface area contributed by atoms with Crippen LogP contribution in [0.2, 0.25) is 0 Å². The van der Waals surface area contributed by atoms with Gasteiger partial charge < -0.3 is 64.2 Å². The lowest BCUT2D eigenvalue weighted by Crippen LogP contribution is -2.61. The van der Waals surface area contributed by atoms with E-state index in [1.54, 1.807) is 0 Å².